The van der Waals surface area contributed by atoms with E-state index in [-0.39, 0.29) is 35.9 Å². The number of carbonyl (C=O) groups is 3. The standard InChI is InChI=1S/C46H51ClFN5O4/c1-27-9-19-41(45(55)51-27)53-30(4)36-8-5-7-33(44(36)46(53)56)14-20-43(54)50-22-6-24-57-42-26-35(16-17-39(42)47)52-29(3)28(2)31-10-12-32(13-11-31)37-21-23-49-40-18-15-34(48)25-38(37)40/h5,7-8,16-17,21,23,25-26,28,31-32,41,52H,1,3-4,6,9-15,18-20,22,24H2,2H3,(H,50,54)(H,51,55). The first-order valence-electron chi connectivity index (χ1n) is 20.1. The van der Waals surface area contributed by atoms with Crippen molar-refractivity contribution < 1.29 is 23.5 Å². The van der Waals surface area contributed by atoms with Crippen molar-refractivity contribution in [3.8, 4) is 5.75 Å². The Hall–Kier alpha value is -5.22. The molecule has 57 heavy (non-hydrogen) atoms. The van der Waals surface area contributed by atoms with Crippen molar-refractivity contribution >= 4 is 46.8 Å². The van der Waals surface area contributed by atoms with Crippen LogP contribution in [0.2, 0.25) is 5.02 Å². The molecule has 9 nitrogen and oxygen atoms in total. The number of carbonyl (C=O) groups excluding carboxylic acids is 3. The molecule has 11 heteroatoms. The normalized spacial score (nSPS) is 20.9. The van der Waals surface area contributed by atoms with Gasteiger partial charge in [0, 0.05) is 71.2 Å². The summed E-state index contributed by atoms with van der Waals surface area (Å²) in [5.74, 6) is 0.997. The van der Waals surface area contributed by atoms with Crippen LogP contribution in [0, 0.1) is 11.8 Å². The molecule has 2 fully saturated rings. The fraction of sp³-hybridized carbons (Fsp3) is 0.391. The van der Waals surface area contributed by atoms with Crippen LogP contribution in [0.4, 0.5) is 10.1 Å². The Morgan fingerprint density at radius 2 is 1.89 bits per heavy atom. The molecule has 2 atom stereocenters. The van der Waals surface area contributed by atoms with Gasteiger partial charge in [-0.3, -0.25) is 24.3 Å². The van der Waals surface area contributed by atoms with E-state index in [4.69, 9.17) is 16.3 Å². The van der Waals surface area contributed by atoms with E-state index < -0.39 is 6.04 Å². The van der Waals surface area contributed by atoms with Crippen molar-refractivity contribution in [2.45, 2.75) is 89.5 Å². The smallest absolute Gasteiger partial charge is 0.259 e. The average Bonchev–Trinajstić information content (AvgIpc) is 3.46. The predicted octanol–water partition coefficient (Wildman–Crippen LogP) is 9.26. The van der Waals surface area contributed by atoms with Gasteiger partial charge in [0.1, 0.15) is 17.6 Å². The number of nitrogens with one attached hydrogen (secondary N) is 3. The number of ether oxygens (including phenoxy) is 1. The number of nitrogens with zero attached hydrogens (tertiary/aromatic N) is 2. The summed E-state index contributed by atoms with van der Waals surface area (Å²) in [6.45, 7) is 15.3. The SMILES string of the molecule is C=C1CCC(N2C(=C)c3cccc(CCC(=O)NCCCOc4cc(NC(=C)C(C)C5CCC(c6ccnc7c6C=C(F)CC7)CC5)ccc4Cl)c3C2=O)C(=O)N1. The second kappa shape index (κ2) is 17.5. The van der Waals surface area contributed by atoms with Crippen LogP contribution in [0.1, 0.15) is 109 Å². The largest absolute Gasteiger partial charge is 0.492 e. The van der Waals surface area contributed by atoms with Gasteiger partial charge in [0.2, 0.25) is 11.8 Å². The fourth-order valence-electron chi connectivity index (χ4n) is 8.76. The Bertz CT molecular complexity index is 2140. The van der Waals surface area contributed by atoms with Gasteiger partial charge in [-0.2, -0.15) is 0 Å². The predicted molar refractivity (Wildman–Crippen MR) is 223 cm³/mol. The third-order valence-corrected chi connectivity index (χ3v) is 12.4. The number of anilines is 1. The van der Waals surface area contributed by atoms with Crippen LogP contribution in [-0.4, -0.2) is 46.8 Å². The quantitative estimate of drug-likeness (QED) is 0.140. The molecular weight excluding hydrogens is 741 g/mol. The Morgan fingerprint density at radius 1 is 1.09 bits per heavy atom. The van der Waals surface area contributed by atoms with Crippen LogP contribution in [0.25, 0.3) is 11.8 Å². The number of hydrogen-bond acceptors (Lipinski definition) is 6. The molecule has 3 N–H and O–H groups in total. The Kier molecular flexibility index (Phi) is 12.3. The van der Waals surface area contributed by atoms with Crippen LogP contribution < -0.4 is 20.7 Å². The Balaban J connectivity index is 0.839. The Labute approximate surface area is 339 Å². The number of allylic oxidation sites excluding steroid dienone is 3. The summed E-state index contributed by atoms with van der Waals surface area (Å²) >= 11 is 6.49. The second-order valence-corrected chi connectivity index (χ2v) is 16.1. The van der Waals surface area contributed by atoms with Gasteiger partial charge in [0.05, 0.1) is 17.2 Å². The van der Waals surface area contributed by atoms with E-state index in [1.807, 2.05) is 36.5 Å². The number of halogens is 2. The maximum Gasteiger partial charge on any atom is 0.259 e. The van der Waals surface area contributed by atoms with Crippen LogP contribution in [-0.2, 0) is 22.4 Å². The number of piperidine rings is 1. The number of fused-ring (bicyclic) bond motifs is 2. The number of benzene rings is 2. The summed E-state index contributed by atoms with van der Waals surface area (Å²) in [6, 6.07) is 12.6. The molecule has 0 spiro atoms. The third kappa shape index (κ3) is 8.86. The summed E-state index contributed by atoms with van der Waals surface area (Å²) in [4.78, 5) is 45.1. The highest BCUT2D eigenvalue weighted by Gasteiger charge is 2.41. The molecule has 3 heterocycles. The lowest BCUT2D eigenvalue weighted by Crippen LogP contribution is -2.49. The zero-order chi connectivity index (χ0) is 40.2. The van der Waals surface area contributed by atoms with E-state index in [0.29, 0.717) is 96.8 Å². The highest BCUT2D eigenvalue weighted by molar-refractivity contribution is 6.32. The molecule has 4 aliphatic rings. The molecular formula is C46H51ClFN5O4. The minimum Gasteiger partial charge on any atom is -0.492 e. The lowest BCUT2D eigenvalue weighted by molar-refractivity contribution is -0.125. The summed E-state index contributed by atoms with van der Waals surface area (Å²) in [6.07, 6.45) is 11.2. The number of amides is 3. The Morgan fingerprint density at radius 3 is 2.68 bits per heavy atom. The van der Waals surface area contributed by atoms with Gasteiger partial charge in [-0.25, -0.2) is 4.39 Å². The van der Waals surface area contributed by atoms with E-state index in [0.717, 1.165) is 53.9 Å². The van der Waals surface area contributed by atoms with Crippen LogP contribution in [0.5, 0.6) is 5.75 Å². The topological polar surface area (TPSA) is 113 Å². The highest BCUT2D eigenvalue weighted by atomic mass is 35.5. The zero-order valence-electron chi connectivity index (χ0n) is 32.6. The first kappa shape index (κ1) is 40.0. The molecule has 2 aromatic carbocycles. The van der Waals surface area contributed by atoms with Gasteiger partial charge in [-0.05, 0) is 111 Å². The molecule has 1 aromatic heterocycles. The van der Waals surface area contributed by atoms with Gasteiger partial charge >= 0.3 is 0 Å². The van der Waals surface area contributed by atoms with E-state index in [9.17, 15) is 18.8 Å². The van der Waals surface area contributed by atoms with Gasteiger partial charge in [-0.15, -0.1) is 0 Å². The van der Waals surface area contributed by atoms with Gasteiger partial charge in [0.25, 0.3) is 5.91 Å². The van der Waals surface area contributed by atoms with Gasteiger partial charge < -0.3 is 20.7 Å². The number of rotatable bonds is 14. The van der Waals surface area contributed by atoms with Crippen molar-refractivity contribution in [2.24, 2.45) is 11.8 Å². The second-order valence-electron chi connectivity index (χ2n) is 15.7. The monoisotopic (exact) mass is 791 g/mol. The zero-order valence-corrected chi connectivity index (χ0v) is 33.4. The van der Waals surface area contributed by atoms with Crippen molar-refractivity contribution in [1.29, 1.82) is 0 Å². The summed E-state index contributed by atoms with van der Waals surface area (Å²) in [7, 11) is 0. The number of aryl methyl sites for hydroxylation is 2. The minimum atomic E-state index is -0.642. The van der Waals surface area contributed by atoms with Crippen LogP contribution >= 0.6 is 11.6 Å². The fourth-order valence-corrected chi connectivity index (χ4v) is 8.93. The first-order valence-corrected chi connectivity index (χ1v) is 20.5. The van der Waals surface area contributed by atoms with Crippen molar-refractivity contribution in [3.63, 3.8) is 0 Å². The van der Waals surface area contributed by atoms with E-state index >= 15 is 0 Å². The number of aromatic nitrogens is 1. The maximum absolute atomic E-state index is 14.2. The third-order valence-electron chi connectivity index (χ3n) is 12.1. The van der Waals surface area contributed by atoms with Crippen LogP contribution in [0.15, 0.2) is 85.6 Å². The molecule has 1 saturated heterocycles. The summed E-state index contributed by atoms with van der Waals surface area (Å²) < 4.78 is 20.2. The molecule has 0 radical (unpaired) electrons. The van der Waals surface area contributed by atoms with Crippen molar-refractivity contribution in [3.05, 3.63) is 124 Å². The van der Waals surface area contributed by atoms with E-state index in [1.165, 1.54) is 10.5 Å². The average molecular weight is 792 g/mol. The maximum atomic E-state index is 14.2. The van der Waals surface area contributed by atoms with Crippen LogP contribution in [0.3, 0.4) is 0 Å². The number of hydrogen-bond donors (Lipinski definition) is 3. The number of pyridine rings is 1. The lowest BCUT2D eigenvalue weighted by Gasteiger charge is -2.34. The molecule has 0 bridgehead atoms. The van der Waals surface area contributed by atoms with E-state index in [2.05, 4.69) is 53.7 Å². The molecule has 2 aliphatic carbocycles. The highest BCUT2D eigenvalue weighted by Crippen LogP contribution is 2.43. The summed E-state index contributed by atoms with van der Waals surface area (Å²) in [5.41, 5.74) is 8.13. The molecule has 2 unspecified atom stereocenters. The lowest BCUT2D eigenvalue weighted by atomic mass is 9.72. The molecule has 298 valence electrons. The minimum absolute atomic E-state index is 0.0532. The van der Waals surface area contributed by atoms with Crippen molar-refractivity contribution in [2.75, 3.05) is 18.5 Å². The molecule has 3 aromatic rings. The van der Waals surface area contributed by atoms with Gasteiger partial charge in [-0.1, -0.05) is 56.5 Å². The first-order chi connectivity index (χ1) is 27.5. The van der Waals surface area contributed by atoms with E-state index in [1.54, 1.807) is 12.1 Å². The molecule has 2 aliphatic heterocycles. The summed E-state index contributed by atoms with van der Waals surface area (Å²) in [5, 5.41) is 9.68. The molecule has 7 rings (SSSR count). The molecule has 1 saturated carbocycles. The molecule has 3 amide bonds. The van der Waals surface area contributed by atoms with Crippen molar-refractivity contribution in [1.82, 2.24) is 20.5 Å². The van der Waals surface area contributed by atoms with Gasteiger partial charge in [0.15, 0.2) is 0 Å².